The lowest BCUT2D eigenvalue weighted by Gasteiger charge is -2.10. The highest BCUT2D eigenvalue weighted by Crippen LogP contribution is 2.21. The van der Waals surface area contributed by atoms with E-state index in [1.54, 1.807) is 6.92 Å². The molecule has 0 unspecified atom stereocenters. The molecule has 0 aromatic heterocycles. The van der Waals surface area contributed by atoms with E-state index in [1.165, 1.54) is 12.1 Å². The van der Waals surface area contributed by atoms with Crippen LogP contribution in [0.5, 0.6) is 5.75 Å². The van der Waals surface area contributed by atoms with Gasteiger partial charge in [0.15, 0.2) is 0 Å². The Morgan fingerprint density at radius 1 is 1.19 bits per heavy atom. The zero-order valence-electron chi connectivity index (χ0n) is 11.5. The number of hydrogen-bond donors (Lipinski definition) is 5. The molecular formula is C13H17N3O5. The van der Waals surface area contributed by atoms with E-state index >= 15 is 0 Å². The van der Waals surface area contributed by atoms with E-state index in [0.717, 1.165) is 6.07 Å². The number of nitrogens with one attached hydrogen (secondary N) is 3. The van der Waals surface area contributed by atoms with Crippen molar-refractivity contribution in [3.05, 3.63) is 23.8 Å². The molecule has 0 bridgehead atoms. The second-order valence-electron chi connectivity index (χ2n) is 4.12. The summed E-state index contributed by atoms with van der Waals surface area (Å²) in [5.74, 6) is -1.67. The lowest BCUT2D eigenvalue weighted by atomic mass is 10.1. The van der Waals surface area contributed by atoms with Gasteiger partial charge in [-0.1, -0.05) is 0 Å². The molecule has 5 N–H and O–H groups in total. The molecule has 8 nitrogen and oxygen atoms in total. The standard InChI is InChI=1S/C13H17N3O5/c1-2-14-11(18)5-6-15-13(21)16-10-4-3-8(17)7-9(10)12(19)20/h3-4,7,17H,2,5-6H2,1H3,(H,14,18)(H,19,20)(H2,15,16,21). The predicted octanol–water partition coefficient (Wildman–Crippen LogP) is 0.738. The Bertz CT molecular complexity index is 545. The van der Waals surface area contributed by atoms with Crippen molar-refractivity contribution in [3.63, 3.8) is 0 Å². The van der Waals surface area contributed by atoms with E-state index < -0.39 is 12.0 Å². The van der Waals surface area contributed by atoms with Crippen molar-refractivity contribution < 1.29 is 24.6 Å². The summed E-state index contributed by atoms with van der Waals surface area (Å²) < 4.78 is 0. The molecule has 3 amide bonds. The SMILES string of the molecule is CCNC(=O)CCNC(=O)Nc1ccc(O)cc1C(=O)O. The van der Waals surface area contributed by atoms with Gasteiger partial charge < -0.3 is 26.2 Å². The van der Waals surface area contributed by atoms with Crippen LogP contribution in [0.4, 0.5) is 10.5 Å². The number of amides is 3. The number of carbonyl (C=O) groups is 3. The fourth-order valence-electron chi connectivity index (χ4n) is 1.56. The molecule has 0 aliphatic carbocycles. The smallest absolute Gasteiger partial charge is 0.337 e. The molecule has 0 heterocycles. The number of rotatable bonds is 6. The summed E-state index contributed by atoms with van der Waals surface area (Å²) in [6.45, 7) is 2.43. The van der Waals surface area contributed by atoms with E-state index in [2.05, 4.69) is 16.0 Å². The molecule has 0 aliphatic heterocycles. The average Bonchev–Trinajstić information content (AvgIpc) is 2.41. The summed E-state index contributed by atoms with van der Waals surface area (Å²) in [4.78, 5) is 33.8. The zero-order valence-corrected chi connectivity index (χ0v) is 11.5. The van der Waals surface area contributed by atoms with Crippen molar-refractivity contribution >= 4 is 23.6 Å². The summed E-state index contributed by atoms with van der Waals surface area (Å²) in [7, 11) is 0. The molecular weight excluding hydrogens is 278 g/mol. The third-order valence-corrected chi connectivity index (χ3v) is 2.49. The third-order valence-electron chi connectivity index (χ3n) is 2.49. The monoisotopic (exact) mass is 295 g/mol. The number of carbonyl (C=O) groups excluding carboxylic acids is 2. The number of phenolic OH excluding ortho intramolecular Hbond substituents is 1. The Hall–Kier alpha value is -2.77. The molecule has 8 heteroatoms. The minimum absolute atomic E-state index is 0.0517. The van der Waals surface area contributed by atoms with Gasteiger partial charge in [0.2, 0.25) is 5.91 Å². The molecule has 0 aliphatic rings. The molecule has 0 atom stereocenters. The maximum atomic E-state index is 11.6. The first-order valence-electron chi connectivity index (χ1n) is 6.32. The minimum Gasteiger partial charge on any atom is -0.508 e. The fraction of sp³-hybridized carbons (Fsp3) is 0.308. The number of urea groups is 1. The number of carboxylic acids is 1. The van der Waals surface area contributed by atoms with Gasteiger partial charge in [-0.05, 0) is 25.1 Å². The Morgan fingerprint density at radius 2 is 1.90 bits per heavy atom. The van der Waals surface area contributed by atoms with E-state index in [4.69, 9.17) is 5.11 Å². The number of phenols is 1. The van der Waals surface area contributed by atoms with E-state index in [9.17, 15) is 19.5 Å². The lowest BCUT2D eigenvalue weighted by molar-refractivity contribution is -0.120. The van der Waals surface area contributed by atoms with Crippen LogP contribution in [0, 0.1) is 0 Å². The Morgan fingerprint density at radius 3 is 2.52 bits per heavy atom. The number of aromatic hydroxyl groups is 1. The topological polar surface area (TPSA) is 128 Å². The highest BCUT2D eigenvalue weighted by molar-refractivity contribution is 6.00. The van der Waals surface area contributed by atoms with Crippen LogP contribution in [0.25, 0.3) is 0 Å². The lowest BCUT2D eigenvalue weighted by Crippen LogP contribution is -2.33. The van der Waals surface area contributed by atoms with Gasteiger partial charge >= 0.3 is 12.0 Å². The average molecular weight is 295 g/mol. The number of aromatic carboxylic acids is 1. The largest absolute Gasteiger partial charge is 0.508 e. The highest BCUT2D eigenvalue weighted by atomic mass is 16.4. The Labute approximate surface area is 121 Å². The van der Waals surface area contributed by atoms with Crippen molar-refractivity contribution in [1.29, 1.82) is 0 Å². The first-order valence-corrected chi connectivity index (χ1v) is 6.32. The molecule has 1 aromatic rings. The van der Waals surface area contributed by atoms with Crippen molar-refractivity contribution in [1.82, 2.24) is 10.6 Å². The molecule has 0 fully saturated rings. The summed E-state index contributed by atoms with van der Waals surface area (Å²) in [5, 5.41) is 25.6. The Balaban J connectivity index is 2.55. The van der Waals surface area contributed by atoms with Crippen molar-refractivity contribution in [2.75, 3.05) is 18.4 Å². The molecule has 1 aromatic carbocycles. The molecule has 0 saturated carbocycles. The number of hydrogen-bond acceptors (Lipinski definition) is 4. The number of anilines is 1. The van der Waals surface area contributed by atoms with Gasteiger partial charge in [0, 0.05) is 19.5 Å². The van der Waals surface area contributed by atoms with Crippen LogP contribution >= 0.6 is 0 Å². The van der Waals surface area contributed by atoms with Gasteiger partial charge in [-0.25, -0.2) is 9.59 Å². The molecule has 1 rings (SSSR count). The molecule has 21 heavy (non-hydrogen) atoms. The van der Waals surface area contributed by atoms with Gasteiger partial charge in [0.05, 0.1) is 11.3 Å². The van der Waals surface area contributed by atoms with E-state index in [0.29, 0.717) is 6.54 Å². The fourth-order valence-corrected chi connectivity index (χ4v) is 1.56. The van der Waals surface area contributed by atoms with Crippen LogP contribution in [-0.2, 0) is 4.79 Å². The van der Waals surface area contributed by atoms with E-state index in [1.807, 2.05) is 0 Å². The number of benzene rings is 1. The predicted molar refractivity (Wildman–Crippen MR) is 75.4 cm³/mol. The van der Waals surface area contributed by atoms with Crippen LogP contribution in [-0.4, -0.2) is 41.2 Å². The van der Waals surface area contributed by atoms with Crippen LogP contribution in [0.1, 0.15) is 23.7 Å². The van der Waals surface area contributed by atoms with Gasteiger partial charge in [0.1, 0.15) is 5.75 Å². The normalized spacial score (nSPS) is 9.76. The van der Waals surface area contributed by atoms with Crippen molar-refractivity contribution in [2.45, 2.75) is 13.3 Å². The summed E-state index contributed by atoms with van der Waals surface area (Å²) in [5.41, 5.74) is -0.176. The van der Waals surface area contributed by atoms with Crippen LogP contribution < -0.4 is 16.0 Å². The highest BCUT2D eigenvalue weighted by Gasteiger charge is 2.13. The summed E-state index contributed by atoms with van der Waals surface area (Å²) in [6, 6.07) is 2.94. The van der Waals surface area contributed by atoms with Crippen LogP contribution in [0.2, 0.25) is 0 Å². The molecule has 114 valence electrons. The van der Waals surface area contributed by atoms with Crippen LogP contribution in [0.15, 0.2) is 18.2 Å². The van der Waals surface area contributed by atoms with Gasteiger partial charge in [-0.3, -0.25) is 4.79 Å². The molecule has 0 saturated heterocycles. The number of carboxylic acid groups (broad SMARTS) is 1. The second-order valence-corrected chi connectivity index (χ2v) is 4.12. The van der Waals surface area contributed by atoms with Crippen molar-refractivity contribution in [2.24, 2.45) is 0 Å². The summed E-state index contributed by atoms with van der Waals surface area (Å²) in [6.07, 6.45) is 0.128. The van der Waals surface area contributed by atoms with Crippen LogP contribution in [0.3, 0.4) is 0 Å². The first kappa shape index (κ1) is 16.3. The quantitative estimate of drug-likeness (QED) is 0.494. The minimum atomic E-state index is -1.27. The Kier molecular flexibility index (Phi) is 5.99. The van der Waals surface area contributed by atoms with Gasteiger partial charge in [-0.15, -0.1) is 0 Å². The molecule has 0 spiro atoms. The maximum absolute atomic E-state index is 11.6. The van der Waals surface area contributed by atoms with E-state index in [-0.39, 0.29) is 35.9 Å². The van der Waals surface area contributed by atoms with Crippen molar-refractivity contribution in [3.8, 4) is 5.75 Å². The second kappa shape index (κ2) is 7.73. The van der Waals surface area contributed by atoms with Gasteiger partial charge in [-0.2, -0.15) is 0 Å². The third kappa shape index (κ3) is 5.39. The first-order chi connectivity index (χ1) is 9.93. The summed E-state index contributed by atoms with van der Waals surface area (Å²) >= 11 is 0. The zero-order chi connectivity index (χ0) is 15.8. The molecule has 0 radical (unpaired) electrons. The maximum Gasteiger partial charge on any atom is 0.337 e. The van der Waals surface area contributed by atoms with Gasteiger partial charge in [0.25, 0.3) is 0 Å².